The fourth-order valence-electron chi connectivity index (χ4n) is 6.82. The molecule has 6 heteroatoms. The first kappa shape index (κ1) is 29.7. The topological polar surface area (TPSA) is 30.9 Å². The van der Waals surface area contributed by atoms with Crippen molar-refractivity contribution in [2.75, 3.05) is 4.90 Å². The van der Waals surface area contributed by atoms with Crippen molar-refractivity contribution in [2.24, 2.45) is 7.05 Å². The van der Waals surface area contributed by atoms with Crippen molar-refractivity contribution in [3.8, 4) is 11.5 Å². The summed E-state index contributed by atoms with van der Waals surface area (Å²) >= 11 is 0. The number of rotatable bonds is 3. The summed E-state index contributed by atoms with van der Waals surface area (Å²) < 4.78 is 6.63. The molecule has 0 bridgehead atoms. The van der Waals surface area contributed by atoms with Crippen LogP contribution in [0.1, 0.15) is 18.6 Å². The Hall–Kier alpha value is -4.99. The minimum Gasteiger partial charge on any atom is -0.357 e. The van der Waals surface area contributed by atoms with Crippen LogP contribution in [0.2, 0.25) is 0 Å². The molecule has 4 heterocycles. The molecule has 0 saturated heterocycles. The molecule has 0 aliphatic carbocycles. The molecule has 0 fully saturated rings. The van der Waals surface area contributed by atoms with Crippen molar-refractivity contribution in [1.82, 2.24) is 18.7 Å². The summed E-state index contributed by atoms with van der Waals surface area (Å²) in [7, 11) is 2.09. The van der Waals surface area contributed by atoms with E-state index in [-0.39, 0.29) is 28.5 Å². The molecule has 9 rings (SSSR count). The van der Waals surface area contributed by atoms with E-state index in [0.29, 0.717) is 0 Å². The molecule has 0 radical (unpaired) electrons. The second kappa shape index (κ2) is 11.7. The summed E-state index contributed by atoms with van der Waals surface area (Å²) in [5.41, 5.74) is 11.2. The molecule has 228 valence electrons. The Morgan fingerprint density at radius 1 is 0.652 bits per heavy atom. The molecule has 0 unspecified atom stereocenters. The van der Waals surface area contributed by atoms with Gasteiger partial charge in [-0.15, -0.1) is 29.1 Å². The van der Waals surface area contributed by atoms with Gasteiger partial charge in [-0.25, -0.2) is 14.1 Å². The summed E-state index contributed by atoms with van der Waals surface area (Å²) in [6.45, 7) is 0. The van der Waals surface area contributed by atoms with Gasteiger partial charge in [-0.1, -0.05) is 79.3 Å². The van der Waals surface area contributed by atoms with E-state index in [2.05, 4.69) is 147 Å². The second-order valence-electron chi connectivity index (χ2n) is 11.4. The van der Waals surface area contributed by atoms with Crippen LogP contribution in [-0.4, -0.2) is 18.7 Å². The van der Waals surface area contributed by atoms with E-state index in [1.165, 1.54) is 27.7 Å². The third kappa shape index (κ3) is 4.57. The van der Waals surface area contributed by atoms with E-state index < -0.39 is 0 Å². The number of aryl methyl sites for hydroxylation is 3. The van der Waals surface area contributed by atoms with Crippen LogP contribution in [0, 0.1) is 12.1 Å². The van der Waals surface area contributed by atoms with Gasteiger partial charge in [0.25, 0.3) is 0 Å². The van der Waals surface area contributed by atoms with E-state index in [9.17, 15) is 0 Å². The largest absolute Gasteiger partial charge is 0.357 e. The van der Waals surface area contributed by atoms with Gasteiger partial charge in [0.1, 0.15) is 5.82 Å². The molecular weight excluding hydrogens is 746 g/mol. The maximum Gasteiger partial charge on any atom is 0.188 e. The average Bonchev–Trinajstić information content (AvgIpc) is 3.53. The molecule has 0 atom stereocenters. The predicted molar refractivity (Wildman–Crippen MR) is 185 cm³/mol. The quantitative estimate of drug-likeness (QED) is 0.168. The second-order valence-corrected chi connectivity index (χ2v) is 11.4. The van der Waals surface area contributed by atoms with Gasteiger partial charge in [0.05, 0.1) is 0 Å². The van der Waals surface area contributed by atoms with Crippen LogP contribution in [-0.2, 0) is 41.0 Å². The van der Waals surface area contributed by atoms with E-state index in [0.717, 1.165) is 57.7 Å². The Morgan fingerprint density at radius 2 is 1.37 bits per heavy atom. The van der Waals surface area contributed by atoms with Crippen molar-refractivity contribution in [3.05, 3.63) is 151 Å². The molecule has 0 N–H and O–H groups in total. The smallest absolute Gasteiger partial charge is 0.188 e. The summed E-state index contributed by atoms with van der Waals surface area (Å²) in [6, 6.07) is 48.5. The Balaban J connectivity index is 0.00000169. The van der Waals surface area contributed by atoms with Crippen LogP contribution in [0.25, 0.3) is 44.3 Å². The zero-order valence-electron chi connectivity index (χ0n) is 24.6. The van der Waals surface area contributed by atoms with E-state index in [1.807, 2.05) is 18.3 Å². The number of para-hydroxylation sites is 4. The third-order valence-corrected chi connectivity index (χ3v) is 8.87. The normalized spacial score (nSPS) is 12.3. The number of nitrogens with zero attached hydrogens (tertiary/aromatic N) is 5. The summed E-state index contributed by atoms with van der Waals surface area (Å²) in [6.07, 6.45) is 5.89. The molecule has 5 aromatic carbocycles. The maximum absolute atomic E-state index is 4.74. The number of hydrogen-bond acceptors (Lipinski definition) is 2. The van der Waals surface area contributed by atoms with Crippen LogP contribution in [0.15, 0.2) is 128 Å². The Kier molecular flexibility index (Phi) is 7.58. The molecule has 46 heavy (non-hydrogen) atoms. The standard InChI is InChI=1S/C39H28N5.CH4.Pt/c1-41-26-42(36-15-7-6-14-35(36)41)29-20-19-28-18-17-27-10-2-4-12-33(27)43(37(28)24-29)30-21-22-32-31-11-3-5-13-34(31)44(38(32)25-30)39-16-8-9-23-40-39;;/h2-16,19-23,26H,17-18H2,1H3;1H4;/q-1;;. The van der Waals surface area contributed by atoms with Crippen LogP contribution >= 0.6 is 0 Å². The Bertz CT molecular complexity index is 2370. The van der Waals surface area contributed by atoms with Crippen molar-refractivity contribution in [3.63, 3.8) is 0 Å². The number of imidazole rings is 1. The van der Waals surface area contributed by atoms with Gasteiger partial charge in [0.15, 0.2) is 17.4 Å². The minimum atomic E-state index is 0. The summed E-state index contributed by atoms with van der Waals surface area (Å²) in [4.78, 5) is 7.09. The van der Waals surface area contributed by atoms with E-state index in [1.54, 1.807) is 0 Å². The SMILES string of the molecule is C.Cn1[cH+]n(-c2[c-]c3c(cc2)CCc2ccccc2N3c2[c-]c3c(cc2)c2ccccc2n3-c2ccccn2)c2ccccc21.[Pt]. The summed E-state index contributed by atoms with van der Waals surface area (Å²) in [5, 5.41) is 2.34. The van der Waals surface area contributed by atoms with Gasteiger partial charge in [-0.2, -0.15) is 12.1 Å². The first-order valence-electron chi connectivity index (χ1n) is 15.0. The zero-order valence-corrected chi connectivity index (χ0v) is 26.9. The first-order chi connectivity index (χ1) is 21.7. The molecule has 1 aliphatic rings. The molecule has 0 amide bonds. The summed E-state index contributed by atoms with van der Waals surface area (Å²) in [5.74, 6) is 0.880. The molecule has 0 spiro atoms. The number of hydrogen-bond donors (Lipinski definition) is 0. The third-order valence-electron chi connectivity index (χ3n) is 8.87. The van der Waals surface area contributed by atoms with Gasteiger partial charge in [-0.3, -0.25) is 0 Å². The number of pyridine rings is 1. The molecule has 1 aliphatic heterocycles. The predicted octanol–water partition coefficient (Wildman–Crippen LogP) is 9.54. The number of anilines is 3. The van der Waals surface area contributed by atoms with E-state index in [4.69, 9.17) is 4.98 Å². The minimum absolute atomic E-state index is 0. The average molecular weight is 778 g/mol. The number of benzene rings is 5. The fourth-order valence-corrected chi connectivity index (χ4v) is 6.82. The van der Waals surface area contributed by atoms with Gasteiger partial charge in [0.2, 0.25) is 0 Å². The molecule has 0 saturated carbocycles. The van der Waals surface area contributed by atoms with Gasteiger partial charge in [-0.05, 0) is 53.8 Å². The van der Waals surface area contributed by atoms with Gasteiger partial charge < -0.3 is 9.47 Å². The van der Waals surface area contributed by atoms with Crippen molar-refractivity contribution in [1.29, 1.82) is 0 Å². The molecule has 5 nitrogen and oxygen atoms in total. The van der Waals surface area contributed by atoms with Crippen LogP contribution < -0.4 is 4.90 Å². The van der Waals surface area contributed by atoms with Crippen LogP contribution in [0.5, 0.6) is 0 Å². The number of aromatic nitrogens is 4. The van der Waals surface area contributed by atoms with Crippen molar-refractivity contribution in [2.45, 2.75) is 20.3 Å². The number of fused-ring (bicyclic) bond motifs is 6. The maximum atomic E-state index is 4.74. The monoisotopic (exact) mass is 777 g/mol. The van der Waals surface area contributed by atoms with Crippen LogP contribution in [0.4, 0.5) is 17.1 Å². The fraction of sp³-hybridized carbons (Fsp3) is 0.100. The van der Waals surface area contributed by atoms with Gasteiger partial charge in [0, 0.05) is 63.3 Å². The van der Waals surface area contributed by atoms with Gasteiger partial charge >= 0.3 is 0 Å². The van der Waals surface area contributed by atoms with Crippen molar-refractivity contribution >= 4 is 49.9 Å². The Labute approximate surface area is 283 Å². The molecular formula is C40H32N5Pt-. The van der Waals surface area contributed by atoms with Crippen molar-refractivity contribution < 1.29 is 21.1 Å². The molecule has 8 aromatic rings. The first-order valence-corrected chi connectivity index (χ1v) is 15.0. The molecule has 3 aromatic heterocycles. The van der Waals surface area contributed by atoms with Crippen LogP contribution in [0.3, 0.4) is 0 Å². The van der Waals surface area contributed by atoms with E-state index >= 15 is 0 Å². The Morgan fingerprint density at radius 3 is 2.22 bits per heavy atom. The zero-order chi connectivity index (χ0) is 29.2.